The number of rotatable bonds is 6. The molecule has 1 heterocycles. The molecule has 1 amide bonds. The van der Waals surface area contributed by atoms with Crippen LogP contribution >= 0.6 is 0 Å². The first kappa shape index (κ1) is 12.4. The number of aromatic nitrogens is 1. The van der Waals surface area contributed by atoms with Gasteiger partial charge in [0.1, 0.15) is 6.10 Å². The summed E-state index contributed by atoms with van der Waals surface area (Å²) in [5.74, 6) is -0.193. The number of hydrogen-bond acceptors (Lipinski definition) is 5. The molecule has 0 fully saturated rings. The number of primary amides is 1. The van der Waals surface area contributed by atoms with Crippen molar-refractivity contribution in [1.82, 2.24) is 10.3 Å². The standard InChI is InChI=1S/C10H15N3O3/c1-16-9-3-2-7(5-13-9)4-12-6-8(14)10(11)15/h2-3,5,8,12,14H,4,6H2,1H3,(H2,11,15). The Bertz CT molecular complexity index is 340. The van der Waals surface area contributed by atoms with Gasteiger partial charge in [-0.15, -0.1) is 0 Å². The molecule has 0 aliphatic heterocycles. The van der Waals surface area contributed by atoms with Crippen LogP contribution in [0.2, 0.25) is 0 Å². The number of nitrogens with two attached hydrogens (primary N) is 1. The fourth-order valence-electron chi connectivity index (χ4n) is 1.09. The minimum Gasteiger partial charge on any atom is -0.481 e. The zero-order chi connectivity index (χ0) is 12.0. The Morgan fingerprint density at radius 1 is 1.69 bits per heavy atom. The maximum atomic E-state index is 10.5. The van der Waals surface area contributed by atoms with Gasteiger partial charge in [-0.1, -0.05) is 6.07 Å². The van der Waals surface area contributed by atoms with Crippen LogP contribution in [0.25, 0.3) is 0 Å². The maximum absolute atomic E-state index is 10.5. The van der Waals surface area contributed by atoms with Crippen LogP contribution in [0, 0.1) is 0 Å². The van der Waals surface area contributed by atoms with Crippen molar-refractivity contribution in [3.05, 3.63) is 23.9 Å². The molecular weight excluding hydrogens is 210 g/mol. The first-order chi connectivity index (χ1) is 7.63. The molecule has 0 saturated heterocycles. The zero-order valence-corrected chi connectivity index (χ0v) is 9.01. The Morgan fingerprint density at radius 2 is 2.44 bits per heavy atom. The lowest BCUT2D eigenvalue weighted by atomic mass is 10.2. The number of aliphatic hydroxyl groups is 1. The molecule has 0 bridgehead atoms. The first-order valence-electron chi connectivity index (χ1n) is 4.80. The van der Waals surface area contributed by atoms with Crippen molar-refractivity contribution in [2.75, 3.05) is 13.7 Å². The summed E-state index contributed by atoms with van der Waals surface area (Å²) in [4.78, 5) is 14.5. The smallest absolute Gasteiger partial charge is 0.247 e. The van der Waals surface area contributed by atoms with Gasteiger partial charge in [-0.25, -0.2) is 4.98 Å². The molecule has 0 spiro atoms. The highest BCUT2D eigenvalue weighted by molar-refractivity contribution is 5.78. The molecule has 1 rings (SSSR count). The number of methoxy groups -OCH3 is 1. The minimum absolute atomic E-state index is 0.126. The number of aliphatic hydroxyl groups excluding tert-OH is 1. The molecule has 4 N–H and O–H groups in total. The summed E-state index contributed by atoms with van der Waals surface area (Å²) in [5.41, 5.74) is 5.82. The summed E-state index contributed by atoms with van der Waals surface area (Å²) in [6, 6.07) is 3.58. The number of nitrogens with zero attached hydrogens (tertiary/aromatic N) is 1. The minimum atomic E-state index is -1.16. The number of hydrogen-bond donors (Lipinski definition) is 3. The van der Waals surface area contributed by atoms with Gasteiger partial charge in [0, 0.05) is 25.4 Å². The monoisotopic (exact) mass is 225 g/mol. The maximum Gasteiger partial charge on any atom is 0.247 e. The normalized spacial score (nSPS) is 12.1. The highest BCUT2D eigenvalue weighted by Gasteiger charge is 2.09. The molecule has 0 radical (unpaired) electrons. The Kier molecular flexibility index (Phi) is 4.68. The van der Waals surface area contributed by atoms with Crippen molar-refractivity contribution in [3.8, 4) is 5.88 Å². The van der Waals surface area contributed by atoms with E-state index in [1.165, 1.54) is 0 Å². The third-order valence-corrected chi connectivity index (χ3v) is 2.00. The fraction of sp³-hybridized carbons (Fsp3) is 0.400. The fourth-order valence-corrected chi connectivity index (χ4v) is 1.09. The van der Waals surface area contributed by atoms with Crippen molar-refractivity contribution in [2.24, 2.45) is 5.73 Å². The topological polar surface area (TPSA) is 97.5 Å². The molecule has 88 valence electrons. The number of carbonyl (C=O) groups excluding carboxylic acids is 1. The number of ether oxygens (including phenoxy) is 1. The Balaban J connectivity index is 2.34. The van der Waals surface area contributed by atoms with E-state index in [9.17, 15) is 4.79 Å². The SMILES string of the molecule is COc1ccc(CNCC(O)C(N)=O)cn1. The Hall–Kier alpha value is -1.66. The van der Waals surface area contributed by atoms with Gasteiger partial charge in [0.15, 0.2) is 0 Å². The molecule has 6 nitrogen and oxygen atoms in total. The molecule has 0 aliphatic carbocycles. The van der Waals surface area contributed by atoms with Gasteiger partial charge < -0.3 is 20.9 Å². The quantitative estimate of drug-likeness (QED) is 0.578. The molecule has 0 aliphatic rings. The second-order valence-electron chi connectivity index (χ2n) is 3.26. The molecule has 1 atom stereocenters. The van der Waals surface area contributed by atoms with Gasteiger partial charge >= 0.3 is 0 Å². The second-order valence-corrected chi connectivity index (χ2v) is 3.26. The van der Waals surface area contributed by atoms with E-state index in [1.807, 2.05) is 6.07 Å². The average molecular weight is 225 g/mol. The summed E-state index contributed by atoms with van der Waals surface area (Å²) in [6.45, 7) is 0.628. The van der Waals surface area contributed by atoms with Crippen LogP contribution in [0.1, 0.15) is 5.56 Å². The summed E-state index contributed by atoms with van der Waals surface area (Å²) in [7, 11) is 1.55. The number of nitrogens with one attached hydrogen (secondary N) is 1. The van der Waals surface area contributed by atoms with Crippen LogP contribution < -0.4 is 15.8 Å². The van der Waals surface area contributed by atoms with Crippen LogP contribution in [0.5, 0.6) is 5.88 Å². The van der Waals surface area contributed by atoms with E-state index < -0.39 is 12.0 Å². The van der Waals surface area contributed by atoms with E-state index >= 15 is 0 Å². The van der Waals surface area contributed by atoms with Crippen LogP contribution in [-0.2, 0) is 11.3 Å². The highest BCUT2D eigenvalue weighted by Crippen LogP contribution is 2.05. The predicted molar refractivity (Wildman–Crippen MR) is 57.7 cm³/mol. The molecule has 1 aromatic heterocycles. The first-order valence-corrected chi connectivity index (χ1v) is 4.80. The van der Waals surface area contributed by atoms with E-state index in [1.54, 1.807) is 19.4 Å². The van der Waals surface area contributed by atoms with Gasteiger partial charge in [0.2, 0.25) is 11.8 Å². The van der Waals surface area contributed by atoms with Crippen molar-refractivity contribution < 1.29 is 14.6 Å². The van der Waals surface area contributed by atoms with Crippen LogP contribution in [0.4, 0.5) is 0 Å². The molecule has 0 aromatic carbocycles. The molecule has 16 heavy (non-hydrogen) atoms. The van der Waals surface area contributed by atoms with Gasteiger partial charge in [-0.3, -0.25) is 4.79 Å². The molecule has 0 saturated carbocycles. The second kappa shape index (κ2) is 6.04. The van der Waals surface area contributed by atoms with E-state index in [4.69, 9.17) is 15.6 Å². The molecule has 6 heteroatoms. The Labute approximate surface area is 93.4 Å². The summed E-state index contributed by atoms with van der Waals surface area (Å²) >= 11 is 0. The summed E-state index contributed by atoms with van der Waals surface area (Å²) in [5, 5.41) is 12.0. The third kappa shape index (κ3) is 3.84. The summed E-state index contributed by atoms with van der Waals surface area (Å²) in [6.07, 6.45) is 0.494. The predicted octanol–water partition coefficient (Wildman–Crippen LogP) is -0.974. The van der Waals surface area contributed by atoms with E-state index in [0.29, 0.717) is 12.4 Å². The van der Waals surface area contributed by atoms with E-state index in [-0.39, 0.29) is 6.54 Å². The van der Waals surface area contributed by atoms with Gasteiger partial charge in [-0.05, 0) is 5.56 Å². The zero-order valence-electron chi connectivity index (χ0n) is 9.01. The number of amides is 1. The Morgan fingerprint density at radius 3 is 2.94 bits per heavy atom. The lowest BCUT2D eigenvalue weighted by Gasteiger charge is -2.08. The van der Waals surface area contributed by atoms with Crippen LogP contribution in [-0.4, -0.2) is 35.8 Å². The lowest BCUT2D eigenvalue weighted by molar-refractivity contribution is -0.125. The van der Waals surface area contributed by atoms with Crippen molar-refractivity contribution >= 4 is 5.91 Å². The molecule has 1 unspecified atom stereocenters. The van der Waals surface area contributed by atoms with Gasteiger partial charge in [0.05, 0.1) is 7.11 Å². The highest BCUT2D eigenvalue weighted by atomic mass is 16.5. The number of pyridine rings is 1. The summed E-state index contributed by atoms with van der Waals surface area (Å²) < 4.78 is 4.91. The van der Waals surface area contributed by atoms with Crippen LogP contribution in [0.3, 0.4) is 0 Å². The third-order valence-electron chi connectivity index (χ3n) is 2.00. The van der Waals surface area contributed by atoms with Crippen molar-refractivity contribution in [3.63, 3.8) is 0 Å². The van der Waals surface area contributed by atoms with Gasteiger partial charge in [0.25, 0.3) is 0 Å². The molecular formula is C10H15N3O3. The number of carbonyl (C=O) groups is 1. The van der Waals surface area contributed by atoms with E-state index in [0.717, 1.165) is 5.56 Å². The van der Waals surface area contributed by atoms with Crippen LogP contribution in [0.15, 0.2) is 18.3 Å². The molecule has 1 aromatic rings. The van der Waals surface area contributed by atoms with Gasteiger partial charge in [-0.2, -0.15) is 0 Å². The largest absolute Gasteiger partial charge is 0.481 e. The lowest BCUT2D eigenvalue weighted by Crippen LogP contribution is -2.37. The van der Waals surface area contributed by atoms with Crippen molar-refractivity contribution in [1.29, 1.82) is 0 Å². The van der Waals surface area contributed by atoms with Crippen molar-refractivity contribution in [2.45, 2.75) is 12.6 Å². The average Bonchev–Trinajstić information content (AvgIpc) is 2.29. The van der Waals surface area contributed by atoms with E-state index in [2.05, 4.69) is 10.3 Å².